The summed E-state index contributed by atoms with van der Waals surface area (Å²) in [5.41, 5.74) is 3.22. The van der Waals surface area contributed by atoms with Crippen LogP contribution in [0.15, 0.2) is 53.1 Å². The highest BCUT2D eigenvalue weighted by atomic mass is 19.1. The number of furan rings is 1. The van der Waals surface area contributed by atoms with E-state index in [1.165, 1.54) is 12.1 Å². The number of amides is 1. The van der Waals surface area contributed by atoms with E-state index in [9.17, 15) is 9.18 Å². The number of aromatic nitrogens is 1. The number of benzene rings is 1. The van der Waals surface area contributed by atoms with Gasteiger partial charge in [-0.05, 0) is 56.3 Å². The van der Waals surface area contributed by atoms with E-state index in [-0.39, 0.29) is 11.7 Å². The first-order valence-electron chi connectivity index (χ1n) is 7.70. The molecule has 0 aliphatic rings. The Labute approximate surface area is 140 Å². The molecule has 0 fully saturated rings. The highest BCUT2D eigenvalue weighted by Crippen LogP contribution is 2.22. The molecule has 0 atom stereocenters. The van der Waals surface area contributed by atoms with E-state index in [1.807, 2.05) is 30.5 Å². The van der Waals surface area contributed by atoms with Gasteiger partial charge in [0, 0.05) is 24.1 Å². The molecule has 5 heteroatoms. The minimum absolute atomic E-state index is 0.0761. The Bertz CT molecular complexity index is 848. The van der Waals surface area contributed by atoms with Crippen LogP contribution in [-0.2, 0) is 6.54 Å². The Balaban J connectivity index is 1.90. The summed E-state index contributed by atoms with van der Waals surface area (Å²) < 4.78 is 20.4. The number of halogens is 1. The molecular weight excluding hydrogens is 307 g/mol. The summed E-state index contributed by atoms with van der Waals surface area (Å²) in [5, 5.41) is 0. The van der Waals surface area contributed by atoms with Crippen LogP contribution in [0.1, 0.15) is 27.5 Å². The molecule has 1 aromatic carbocycles. The van der Waals surface area contributed by atoms with Gasteiger partial charge < -0.3 is 13.9 Å². The minimum Gasteiger partial charge on any atom is -0.467 e. The third-order valence-corrected chi connectivity index (χ3v) is 4.07. The lowest BCUT2D eigenvalue weighted by Gasteiger charge is -2.16. The van der Waals surface area contributed by atoms with Gasteiger partial charge in [-0.1, -0.05) is 0 Å². The average molecular weight is 326 g/mol. The molecule has 2 aromatic heterocycles. The van der Waals surface area contributed by atoms with E-state index in [1.54, 1.807) is 36.4 Å². The molecule has 0 bridgehead atoms. The molecule has 24 heavy (non-hydrogen) atoms. The highest BCUT2D eigenvalue weighted by molar-refractivity contribution is 5.95. The Kier molecular flexibility index (Phi) is 4.25. The zero-order chi connectivity index (χ0) is 17.3. The average Bonchev–Trinajstić information content (AvgIpc) is 3.16. The van der Waals surface area contributed by atoms with Gasteiger partial charge in [-0.15, -0.1) is 0 Å². The van der Waals surface area contributed by atoms with Gasteiger partial charge >= 0.3 is 0 Å². The molecule has 3 rings (SSSR count). The molecule has 0 unspecified atom stereocenters. The second-order valence-corrected chi connectivity index (χ2v) is 5.84. The van der Waals surface area contributed by atoms with Gasteiger partial charge in [0.25, 0.3) is 5.91 Å². The predicted octanol–water partition coefficient (Wildman–Crippen LogP) is 4.10. The molecule has 0 N–H and O–H groups in total. The zero-order valence-electron chi connectivity index (χ0n) is 13.9. The van der Waals surface area contributed by atoms with Crippen molar-refractivity contribution >= 4 is 5.91 Å². The molecule has 0 radical (unpaired) electrons. The van der Waals surface area contributed by atoms with Gasteiger partial charge in [-0.25, -0.2) is 4.39 Å². The molecule has 0 saturated carbocycles. The monoisotopic (exact) mass is 326 g/mol. The Morgan fingerprint density at radius 3 is 2.54 bits per heavy atom. The van der Waals surface area contributed by atoms with E-state index in [4.69, 9.17) is 4.42 Å². The van der Waals surface area contributed by atoms with Gasteiger partial charge in [-0.2, -0.15) is 0 Å². The van der Waals surface area contributed by atoms with Crippen LogP contribution < -0.4 is 0 Å². The van der Waals surface area contributed by atoms with Crippen molar-refractivity contribution in [3.05, 3.63) is 77.3 Å². The summed E-state index contributed by atoms with van der Waals surface area (Å²) in [6.07, 6.45) is 1.59. The fourth-order valence-corrected chi connectivity index (χ4v) is 2.88. The molecule has 4 nitrogen and oxygen atoms in total. The van der Waals surface area contributed by atoms with Crippen LogP contribution in [0.5, 0.6) is 0 Å². The second-order valence-electron chi connectivity index (χ2n) is 5.84. The van der Waals surface area contributed by atoms with Gasteiger partial charge in [0.1, 0.15) is 11.6 Å². The van der Waals surface area contributed by atoms with Crippen LogP contribution in [-0.4, -0.2) is 22.4 Å². The summed E-state index contributed by atoms with van der Waals surface area (Å²) in [6.45, 7) is 4.23. The number of carbonyl (C=O) groups excluding carboxylic acids is 1. The van der Waals surface area contributed by atoms with E-state index in [2.05, 4.69) is 0 Å². The van der Waals surface area contributed by atoms with Gasteiger partial charge in [0.2, 0.25) is 0 Å². The normalized spacial score (nSPS) is 10.8. The van der Waals surface area contributed by atoms with Gasteiger partial charge in [0.15, 0.2) is 0 Å². The number of nitrogens with zero attached hydrogens (tertiary/aromatic N) is 2. The van der Waals surface area contributed by atoms with Crippen molar-refractivity contribution < 1.29 is 13.6 Å². The van der Waals surface area contributed by atoms with Crippen LogP contribution in [0.3, 0.4) is 0 Å². The fraction of sp³-hybridized carbons (Fsp3) is 0.211. The lowest BCUT2D eigenvalue weighted by molar-refractivity contribution is 0.0775. The van der Waals surface area contributed by atoms with Crippen molar-refractivity contribution in [1.29, 1.82) is 0 Å². The highest BCUT2D eigenvalue weighted by Gasteiger charge is 2.20. The summed E-state index contributed by atoms with van der Waals surface area (Å²) in [4.78, 5) is 14.4. The first kappa shape index (κ1) is 16.1. The van der Waals surface area contributed by atoms with Crippen LogP contribution in [0, 0.1) is 19.7 Å². The summed E-state index contributed by atoms with van der Waals surface area (Å²) >= 11 is 0. The Morgan fingerprint density at radius 2 is 1.92 bits per heavy atom. The van der Waals surface area contributed by atoms with Crippen LogP contribution >= 0.6 is 0 Å². The number of hydrogen-bond donors (Lipinski definition) is 0. The quantitative estimate of drug-likeness (QED) is 0.724. The third kappa shape index (κ3) is 2.97. The Morgan fingerprint density at radius 1 is 1.21 bits per heavy atom. The van der Waals surface area contributed by atoms with E-state index in [0.717, 1.165) is 22.8 Å². The predicted molar refractivity (Wildman–Crippen MR) is 89.7 cm³/mol. The molecule has 0 spiro atoms. The van der Waals surface area contributed by atoms with Crippen molar-refractivity contribution in [3.8, 4) is 5.69 Å². The molecule has 0 aliphatic carbocycles. The van der Waals surface area contributed by atoms with Crippen LogP contribution in [0.2, 0.25) is 0 Å². The first-order valence-corrected chi connectivity index (χ1v) is 7.70. The molecule has 2 heterocycles. The summed E-state index contributed by atoms with van der Waals surface area (Å²) in [5.74, 6) is 0.377. The maximum Gasteiger partial charge on any atom is 0.255 e. The van der Waals surface area contributed by atoms with Crippen molar-refractivity contribution in [2.45, 2.75) is 20.4 Å². The number of rotatable bonds is 4. The van der Waals surface area contributed by atoms with Crippen molar-refractivity contribution in [1.82, 2.24) is 9.47 Å². The Hall–Kier alpha value is -2.82. The largest absolute Gasteiger partial charge is 0.467 e. The molecule has 0 aliphatic heterocycles. The van der Waals surface area contributed by atoms with Crippen LogP contribution in [0.4, 0.5) is 4.39 Å². The molecular formula is C19H19FN2O2. The van der Waals surface area contributed by atoms with Crippen molar-refractivity contribution in [2.24, 2.45) is 0 Å². The molecule has 124 valence electrons. The van der Waals surface area contributed by atoms with E-state index >= 15 is 0 Å². The number of aryl methyl sites for hydroxylation is 1. The smallest absolute Gasteiger partial charge is 0.255 e. The van der Waals surface area contributed by atoms with Gasteiger partial charge in [-0.3, -0.25) is 4.79 Å². The summed E-state index contributed by atoms with van der Waals surface area (Å²) in [6, 6.07) is 11.7. The summed E-state index contributed by atoms with van der Waals surface area (Å²) in [7, 11) is 1.74. The zero-order valence-corrected chi connectivity index (χ0v) is 13.9. The van der Waals surface area contributed by atoms with Crippen LogP contribution in [0.25, 0.3) is 5.69 Å². The molecule has 3 aromatic rings. The second kappa shape index (κ2) is 6.35. The third-order valence-electron chi connectivity index (χ3n) is 4.07. The lowest BCUT2D eigenvalue weighted by atomic mass is 10.2. The van der Waals surface area contributed by atoms with E-state index < -0.39 is 0 Å². The maximum absolute atomic E-state index is 13.1. The SMILES string of the molecule is Cc1cc(C(=O)N(C)Cc2ccco2)c(C)n1-c1ccc(F)cc1. The minimum atomic E-state index is -0.282. The van der Waals surface area contributed by atoms with Crippen molar-refractivity contribution in [2.75, 3.05) is 7.05 Å². The number of carbonyl (C=O) groups is 1. The standard InChI is InChI=1S/C19H19FN2O2/c1-13-11-18(19(23)21(3)12-17-5-4-10-24-17)14(2)22(13)16-8-6-15(20)7-9-16/h4-11H,12H2,1-3H3. The molecule has 1 amide bonds. The molecule has 0 saturated heterocycles. The fourth-order valence-electron chi connectivity index (χ4n) is 2.88. The van der Waals surface area contributed by atoms with Gasteiger partial charge in [0.05, 0.1) is 18.4 Å². The van der Waals surface area contributed by atoms with Crippen molar-refractivity contribution in [3.63, 3.8) is 0 Å². The topological polar surface area (TPSA) is 38.4 Å². The maximum atomic E-state index is 13.1. The first-order chi connectivity index (χ1) is 11.5. The van der Waals surface area contributed by atoms with E-state index in [0.29, 0.717) is 12.1 Å². The number of hydrogen-bond acceptors (Lipinski definition) is 2. The lowest BCUT2D eigenvalue weighted by Crippen LogP contribution is -2.26.